The van der Waals surface area contributed by atoms with Gasteiger partial charge in [0.05, 0.1) is 18.4 Å². The molecule has 0 aliphatic carbocycles. The smallest absolute Gasteiger partial charge is 0.303 e. The van der Waals surface area contributed by atoms with Crippen LogP contribution in [0.5, 0.6) is 0 Å². The van der Waals surface area contributed by atoms with Crippen molar-refractivity contribution in [1.29, 1.82) is 0 Å². The van der Waals surface area contributed by atoms with E-state index < -0.39 is 16.0 Å². The highest BCUT2D eigenvalue weighted by Gasteiger charge is 2.04. The molecule has 0 aromatic carbocycles. The van der Waals surface area contributed by atoms with Crippen LogP contribution in [-0.2, 0) is 21.2 Å². The topological polar surface area (TPSA) is 108 Å². The first-order valence-corrected chi connectivity index (χ1v) is 8.48. The molecule has 0 radical (unpaired) electrons. The zero-order valence-corrected chi connectivity index (χ0v) is 12.2. The van der Waals surface area contributed by atoms with Crippen LogP contribution in [0.4, 0.5) is 5.13 Å². The Labute approximate surface area is 116 Å². The minimum absolute atomic E-state index is 0.0709. The molecule has 0 fully saturated rings. The number of rotatable bonds is 9. The average Bonchev–Trinajstić information content (AvgIpc) is 2.72. The highest BCUT2D eigenvalue weighted by atomic mass is 32.2. The Balaban J connectivity index is 2.21. The fourth-order valence-electron chi connectivity index (χ4n) is 1.28. The SMILES string of the molecule is CS(=O)(=O)NCCCNc1nc(CCC(=O)O)cs1. The standard InChI is InChI=1S/C10H17N3O4S2/c1-19(16,17)12-6-2-5-11-10-13-8(7-18-10)3-4-9(14)15/h7,12H,2-6H2,1H3,(H,11,13)(H,14,15). The van der Waals surface area contributed by atoms with Crippen molar-refractivity contribution in [3.63, 3.8) is 0 Å². The van der Waals surface area contributed by atoms with Crippen molar-refractivity contribution in [2.75, 3.05) is 24.7 Å². The fraction of sp³-hybridized carbons (Fsp3) is 0.600. The number of carboxylic acid groups (broad SMARTS) is 1. The Bertz CT molecular complexity index is 513. The first-order chi connectivity index (χ1) is 8.87. The summed E-state index contributed by atoms with van der Waals surface area (Å²) in [7, 11) is -3.13. The van der Waals surface area contributed by atoms with Crippen LogP contribution in [0.25, 0.3) is 0 Å². The number of aryl methyl sites for hydroxylation is 1. The molecule has 19 heavy (non-hydrogen) atoms. The molecule has 0 aliphatic heterocycles. The summed E-state index contributed by atoms with van der Waals surface area (Å²) in [5.74, 6) is -0.839. The second kappa shape index (κ2) is 7.41. The molecular formula is C10H17N3O4S2. The summed E-state index contributed by atoms with van der Waals surface area (Å²) in [6, 6.07) is 0. The molecule has 1 rings (SSSR count). The van der Waals surface area contributed by atoms with Gasteiger partial charge in [0.1, 0.15) is 0 Å². The largest absolute Gasteiger partial charge is 0.481 e. The molecule has 9 heteroatoms. The van der Waals surface area contributed by atoms with E-state index in [4.69, 9.17) is 5.11 Å². The number of nitrogens with zero attached hydrogens (tertiary/aromatic N) is 1. The van der Waals surface area contributed by atoms with Crippen molar-refractivity contribution in [1.82, 2.24) is 9.71 Å². The van der Waals surface area contributed by atoms with Gasteiger partial charge in [-0.2, -0.15) is 0 Å². The van der Waals surface area contributed by atoms with E-state index in [9.17, 15) is 13.2 Å². The molecule has 3 N–H and O–H groups in total. The lowest BCUT2D eigenvalue weighted by Gasteiger charge is -2.03. The third kappa shape index (κ3) is 7.75. The molecule has 0 atom stereocenters. The van der Waals surface area contributed by atoms with Gasteiger partial charge in [0.25, 0.3) is 0 Å². The molecular weight excluding hydrogens is 290 g/mol. The van der Waals surface area contributed by atoms with Gasteiger partial charge < -0.3 is 10.4 Å². The van der Waals surface area contributed by atoms with Gasteiger partial charge in [0, 0.05) is 24.9 Å². The van der Waals surface area contributed by atoms with Gasteiger partial charge in [-0.1, -0.05) is 0 Å². The number of aliphatic carboxylic acids is 1. The number of thiazole rings is 1. The number of carboxylic acids is 1. The number of carbonyl (C=O) groups is 1. The quantitative estimate of drug-likeness (QED) is 0.574. The number of aromatic nitrogens is 1. The monoisotopic (exact) mass is 307 g/mol. The lowest BCUT2D eigenvalue weighted by Crippen LogP contribution is -2.24. The van der Waals surface area contributed by atoms with Crippen molar-refractivity contribution < 1.29 is 18.3 Å². The van der Waals surface area contributed by atoms with E-state index in [0.717, 1.165) is 17.1 Å². The molecule has 0 saturated carbocycles. The summed E-state index contributed by atoms with van der Waals surface area (Å²) >= 11 is 1.41. The summed E-state index contributed by atoms with van der Waals surface area (Å²) in [6.45, 7) is 0.984. The van der Waals surface area contributed by atoms with Crippen molar-refractivity contribution in [2.24, 2.45) is 0 Å². The Kier molecular flexibility index (Phi) is 6.19. The minimum Gasteiger partial charge on any atom is -0.481 e. The second-order valence-corrected chi connectivity index (χ2v) is 6.68. The van der Waals surface area contributed by atoms with Crippen LogP contribution in [-0.4, -0.2) is 43.8 Å². The van der Waals surface area contributed by atoms with Gasteiger partial charge in [-0.3, -0.25) is 4.79 Å². The molecule has 1 heterocycles. The van der Waals surface area contributed by atoms with Crippen LogP contribution in [0.3, 0.4) is 0 Å². The van der Waals surface area contributed by atoms with Crippen molar-refractivity contribution in [3.05, 3.63) is 11.1 Å². The number of hydrogen-bond donors (Lipinski definition) is 3. The lowest BCUT2D eigenvalue weighted by molar-refractivity contribution is -0.136. The van der Waals surface area contributed by atoms with E-state index in [0.29, 0.717) is 25.9 Å². The summed E-state index contributed by atoms with van der Waals surface area (Å²) in [5.41, 5.74) is 0.754. The van der Waals surface area contributed by atoms with Gasteiger partial charge in [-0.25, -0.2) is 18.1 Å². The van der Waals surface area contributed by atoms with E-state index in [1.54, 1.807) is 0 Å². The van der Waals surface area contributed by atoms with Gasteiger partial charge in [-0.15, -0.1) is 11.3 Å². The zero-order valence-electron chi connectivity index (χ0n) is 10.5. The van der Waals surface area contributed by atoms with Gasteiger partial charge in [0.2, 0.25) is 10.0 Å². The maximum absolute atomic E-state index is 10.8. The predicted molar refractivity (Wildman–Crippen MR) is 74.0 cm³/mol. The molecule has 1 aromatic heterocycles. The van der Waals surface area contributed by atoms with Crippen LogP contribution >= 0.6 is 11.3 Å². The van der Waals surface area contributed by atoms with Gasteiger partial charge in [0.15, 0.2) is 5.13 Å². The maximum atomic E-state index is 10.8. The molecule has 0 aliphatic rings. The third-order valence-electron chi connectivity index (χ3n) is 2.14. The fourth-order valence-corrected chi connectivity index (χ4v) is 2.57. The van der Waals surface area contributed by atoms with Crippen LogP contribution in [0.1, 0.15) is 18.5 Å². The highest BCUT2D eigenvalue weighted by molar-refractivity contribution is 7.88. The van der Waals surface area contributed by atoms with E-state index >= 15 is 0 Å². The third-order valence-corrected chi connectivity index (χ3v) is 3.72. The van der Waals surface area contributed by atoms with Crippen molar-refractivity contribution in [2.45, 2.75) is 19.3 Å². The van der Waals surface area contributed by atoms with Crippen molar-refractivity contribution in [3.8, 4) is 0 Å². The molecule has 0 spiro atoms. The number of nitrogens with one attached hydrogen (secondary N) is 2. The normalized spacial score (nSPS) is 11.4. The van der Waals surface area contributed by atoms with E-state index in [1.807, 2.05) is 5.38 Å². The van der Waals surface area contributed by atoms with E-state index in [-0.39, 0.29) is 6.42 Å². The molecule has 7 nitrogen and oxygen atoms in total. The summed E-state index contributed by atoms with van der Waals surface area (Å²) in [5, 5.41) is 14.2. The Morgan fingerprint density at radius 3 is 2.84 bits per heavy atom. The Morgan fingerprint density at radius 1 is 1.47 bits per heavy atom. The predicted octanol–water partition coefficient (Wildman–Crippen LogP) is 0.511. The number of sulfonamides is 1. The number of hydrogen-bond acceptors (Lipinski definition) is 6. The van der Waals surface area contributed by atoms with E-state index in [2.05, 4.69) is 15.0 Å². The summed E-state index contributed by atoms with van der Waals surface area (Å²) in [6.07, 6.45) is 2.26. The average molecular weight is 307 g/mol. The van der Waals surface area contributed by atoms with Gasteiger partial charge in [-0.05, 0) is 6.42 Å². The molecule has 108 valence electrons. The first-order valence-electron chi connectivity index (χ1n) is 5.71. The Morgan fingerprint density at radius 2 is 2.21 bits per heavy atom. The van der Waals surface area contributed by atoms with Crippen LogP contribution in [0.2, 0.25) is 0 Å². The zero-order chi connectivity index (χ0) is 14.3. The molecule has 1 aromatic rings. The highest BCUT2D eigenvalue weighted by Crippen LogP contribution is 2.16. The second-order valence-electron chi connectivity index (χ2n) is 3.98. The van der Waals surface area contributed by atoms with Gasteiger partial charge >= 0.3 is 5.97 Å². The summed E-state index contributed by atoms with van der Waals surface area (Å²) < 4.78 is 24.0. The molecule has 0 amide bonds. The van der Waals surface area contributed by atoms with Crippen molar-refractivity contribution >= 4 is 32.5 Å². The lowest BCUT2D eigenvalue weighted by atomic mass is 10.2. The molecule has 0 bridgehead atoms. The number of anilines is 1. The first kappa shape index (κ1) is 15.9. The molecule has 0 saturated heterocycles. The molecule has 0 unspecified atom stereocenters. The maximum Gasteiger partial charge on any atom is 0.303 e. The van der Waals surface area contributed by atoms with Crippen LogP contribution in [0.15, 0.2) is 5.38 Å². The van der Waals surface area contributed by atoms with Crippen LogP contribution in [0, 0.1) is 0 Å². The minimum atomic E-state index is -3.13. The van der Waals surface area contributed by atoms with Crippen LogP contribution < -0.4 is 10.0 Å². The summed E-state index contributed by atoms with van der Waals surface area (Å²) in [4.78, 5) is 14.6. The Hall–Kier alpha value is -1.19. The van der Waals surface area contributed by atoms with E-state index in [1.165, 1.54) is 11.3 Å².